The van der Waals surface area contributed by atoms with Crippen LogP contribution in [0.3, 0.4) is 0 Å². The normalized spacial score (nSPS) is 16.3. The molecule has 5 nitrogen and oxygen atoms in total. The van der Waals surface area contributed by atoms with Crippen LogP contribution in [-0.2, 0) is 19.6 Å². The molecule has 0 spiro atoms. The van der Waals surface area contributed by atoms with Crippen LogP contribution in [0.5, 0.6) is 0 Å². The SMILES string of the molecule is CCOC(=O)C1(NS(=O)(=O)c2ccc(-c3ccccc3)cc2)CCCC1. The third-order valence-electron chi connectivity index (χ3n) is 4.72. The fraction of sp³-hybridized carbons (Fsp3) is 0.350. The fourth-order valence-corrected chi connectivity index (χ4v) is 4.78. The molecule has 0 saturated heterocycles. The standard InChI is InChI=1S/C20H23NO4S/c1-2-25-19(22)20(14-6-7-15-20)21-26(23,24)18-12-10-17(11-13-18)16-8-4-3-5-9-16/h3-5,8-13,21H,2,6-7,14-15H2,1H3. The van der Waals surface area contributed by atoms with Gasteiger partial charge in [0.25, 0.3) is 0 Å². The van der Waals surface area contributed by atoms with Crippen molar-refractivity contribution >= 4 is 16.0 Å². The molecule has 1 saturated carbocycles. The number of rotatable bonds is 6. The summed E-state index contributed by atoms with van der Waals surface area (Å²) in [6.07, 6.45) is 2.53. The summed E-state index contributed by atoms with van der Waals surface area (Å²) in [7, 11) is -3.82. The molecule has 0 amide bonds. The summed E-state index contributed by atoms with van der Waals surface area (Å²) in [6, 6.07) is 16.4. The summed E-state index contributed by atoms with van der Waals surface area (Å²) in [5, 5.41) is 0. The van der Waals surface area contributed by atoms with Gasteiger partial charge in [0, 0.05) is 0 Å². The van der Waals surface area contributed by atoms with E-state index in [0.29, 0.717) is 12.8 Å². The number of esters is 1. The highest BCUT2D eigenvalue weighted by atomic mass is 32.2. The minimum absolute atomic E-state index is 0.146. The third-order valence-corrected chi connectivity index (χ3v) is 6.28. The Labute approximate surface area is 154 Å². The van der Waals surface area contributed by atoms with Gasteiger partial charge in [-0.05, 0) is 43.0 Å². The number of hydrogen-bond donors (Lipinski definition) is 1. The fourth-order valence-electron chi connectivity index (χ4n) is 3.37. The van der Waals surface area contributed by atoms with Gasteiger partial charge < -0.3 is 4.74 Å². The number of carbonyl (C=O) groups excluding carboxylic acids is 1. The van der Waals surface area contributed by atoms with E-state index in [0.717, 1.165) is 24.0 Å². The molecule has 0 heterocycles. The molecule has 1 N–H and O–H groups in total. The van der Waals surface area contributed by atoms with Crippen molar-refractivity contribution in [1.82, 2.24) is 4.72 Å². The van der Waals surface area contributed by atoms with Crippen molar-refractivity contribution in [3.05, 3.63) is 54.6 Å². The smallest absolute Gasteiger partial charge is 0.327 e. The molecule has 6 heteroatoms. The Bertz CT molecular complexity index is 854. The highest BCUT2D eigenvalue weighted by Crippen LogP contribution is 2.33. The number of sulfonamides is 1. The van der Waals surface area contributed by atoms with Crippen LogP contribution in [0.15, 0.2) is 59.5 Å². The zero-order chi connectivity index (χ0) is 18.6. The molecule has 3 rings (SSSR count). The molecule has 0 aliphatic heterocycles. The van der Waals surface area contributed by atoms with Crippen molar-refractivity contribution < 1.29 is 17.9 Å². The number of nitrogens with one attached hydrogen (secondary N) is 1. The largest absolute Gasteiger partial charge is 0.465 e. The molecule has 0 radical (unpaired) electrons. The first-order chi connectivity index (χ1) is 12.5. The van der Waals surface area contributed by atoms with Crippen molar-refractivity contribution in [3.63, 3.8) is 0 Å². The van der Waals surface area contributed by atoms with E-state index in [-0.39, 0.29) is 11.5 Å². The van der Waals surface area contributed by atoms with Gasteiger partial charge in [0.2, 0.25) is 10.0 Å². The van der Waals surface area contributed by atoms with Gasteiger partial charge in [0.15, 0.2) is 0 Å². The minimum atomic E-state index is -3.82. The molecule has 26 heavy (non-hydrogen) atoms. The second kappa shape index (κ2) is 7.60. The lowest BCUT2D eigenvalue weighted by molar-refractivity contribution is -0.150. The number of ether oxygens (including phenoxy) is 1. The van der Waals surface area contributed by atoms with Gasteiger partial charge in [-0.3, -0.25) is 4.79 Å². The van der Waals surface area contributed by atoms with Crippen LogP contribution in [0, 0.1) is 0 Å². The van der Waals surface area contributed by atoms with Crippen LogP contribution in [-0.4, -0.2) is 26.5 Å². The first kappa shape index (κ1) is 18.6. The topological polar surface area (TPSA) is 72.5 Å². The minimum Gasteiger partial charge on any atom is -0.465 e. The van der Waals surface area contributed by atoms with E-state index in [9.17, 15) is 13.2 Å². The summed E-state index contributed by atoms with van der Waals surface area (Å²) < 4.78 is 33.4. The van der Waals surface area contributed by atoms with Gasteiger partial charge in [-0.2, -0.15) is 4.72 Å². The van der Waals surface area contributed by atoms with Crippen LogP contribution in [0.25, 0.3) is 11.1 Å². The molecule has 138 valence electrons. The van der Waals surface area contributed by atoms with E-state index in [4.69, 9.17) is 4.74 Å². The number of carbonyl (C=O) groups is 1. The maximum atomic E-state index is 12.8. The average molecular weight is 373 g/mol. The van der Waals surface area contributed by atoms with E-state index < -0.39 is 21.5 Å². The maximum absolute atomic E-state index is 12.8. The van der Waals surface area contributed by atoms with Crippen molar-refractivity contribution in [2.24, 2.45) is 0 Å². The monoisotopic (exact) mass is 373 g/mol. The Morgan fingerprint density at radius 2 is 1.58 bits per heavy atom. The molecule has 0 unspecified atom stereocenters. The van der Waals surface area contributed by atoms with Crippen molar-refractivity contribution in [1.29, 1.82) is 0 Å². The molecule has 0 atom stereocenters. The quantitative estimate of drug-likeness (QED) is 0.787. The van der Waals surface area contributed by atoms with Gasteiger partial charge in [-0.15, -0.1) is 0 Å². The van der Waals surface area contributed by atoms with Gasteiger partial charge in [0.05, 0.1) is 11.5 Å². The van der Waals surface area contributed by atoms with Crippen LogP contribution in [0.2, 0.25) is 0 Å². The molecular weight excluding hydrogens is 350 g/mol. The molecule has 1 fully saturated rings. The Morgan fingerprint density at radius 3 is 2.15 bits per heavy atom. The molecular formula is C20H23NO4S. The maximum Gasteiger partial charge on any atom is 0.327 e. The predicted molar refractivity (Wildman–Crippen MR) is 100 cm³/mol. The van der Waals surface area contributed by atoms with Crippen molar-refractivity contribution in [3.8, 4) is 11.1 Å². The van der Waals surface area contributed by atoms with E-state index in [2.05, 4.69) is 4.72 Å². The lowest BCUT2D eigenvalue weighted by Crippen LogP contribution is -2.53. The molecule has 0 aromatic heterocycles. The highest BCUT2D eigenvalue weighted by molar-refractivity contribution is 7.89. The summed E-state index contributed by atoms with van der Waals surface area (Å²) in [4.78, 5) is 12.5. The van der Waals surface area contributed by atoms with Gasteiger partial charge in [-0.1, -0.05) is 55.3 Å². The number of hydrogen-bond acceptors (Lipinski definition) is 4. The highest BCUT2D eigenvalue weighted by Gasteiger charge is 2.45. The summed E-state index contributed by atoms with van der Waals surface area (Å²) in [5.41, 5.74) is 0.807. The second-order valence-corrected chi connectivity index (χ2v) is 8.19. The molecule has 1 aliphatic rings. The average Bonchev–Trinajstić information content (AvgIpc) is 3.12. The molecule has 1 aliphatic carbocycles. The second-order valence-electron chi connectivity index (χ2n) is 6.51. The van der Waals surface area contributed by atoms with Crippen LogP contribution in [0.1, 0.15) is 32.6 Å². The Morgan fingerprint density at radius 1 is 1.00 bits per heavy atom. The van der Waals surface area contributed by atoms with E-state index in [1.807, 2.05) is 30.3 Å². The molecule has 2 aromatic carbocycles. The Kier molecular flexibility index (Phi) is 5.44. The van der Waals surface area contributed by atoms with Crippen molar-refractivity contribution in [2.75, 3.05) is 6.61 Å². The summed E-state index contributed by atoms with van der Waals surface area (Å²) in [5.74, 6) is -0.484. The summed E-state index contributed by atoms with van der Waals surface area (Å²) in [6.45, 7) is 1.95. The lowest BCUT2D eigenvalue weighted by Gasteiger charge is -2.27. The molecule has 0 bridgehead atoms. The lowest BCUT2D eigenvalue weighted by atomic mass is 10.00. The summed E-state index contributed by atoms with van der Waals surface area (Å²) >= 11 is 0. The van der Waals surface area contributed by atoms with Crippen LogP contribution < -0.4 is 4.72 Å². The van der Waals surface area contributed by atoms with Gasteiger partial charge in [0.1, 0.15) is 5.54 Å². The Balaban J connectivity index is 1.84. The zero-order valence-electron chi connectivity index (χ0n) is 14.8. The number of benzene rings is 2. The van der Waals surface area contributed by atoms with E-state index >= 15 is 0 Å². The zero-order valence-corrected chi connectivity index (χ0v) is 15.6. The first-order valence-corrected chi connectivity index (χ1v) is 10.3. The van der Waals surface area contributed by atoms with Crippen LogP contribution in [0.4, 0.5) is 0 Å². The third kappa shape index (κ3) is 3.81. The van der Waals surface area contributed by atoms with Crippen molar-refractivity contribution in [2.45, 2.75) is 43.0 Å². The molecule has 2 aromatic rings. The van der Waals surface area contributed by atoms with Crippen LogP contribution >= 0.6 is 0 Å². The van der Waals surface area contributed by atoms with E-state index in [1.165, 1.54) is 0 Å². The van der Waals surface area contributed by atoms with Gasteiger partial charge in [-0.25, -0.2) is 8.42 Å². The predicted octanol–water partition coefficient (Wildman–Crippen LogP) is 3.51. The first-order valence-electron chi connectivity index (χ1n) is 8.83. The van der Waals surface area contributed by atoms with Gasteiger partial charge >= 0.3 is 5.97 Å². The van der Waals surface area contributed by atoms with E-state index in [1.54, 1.807) is 31.2 Å². The Hall–Kier alpha value is -2.18.